The quantitative estimate of drug-likeness (QED) is 0.840. The summed E-state index contributed by atoms with van der Waals surface area (Å²) in [6, 6.07) is 9.00. The molecule has 0 radical (unpaired) electrons. The van der Waals surface area contributed by atoms with E-state index in [1.807, 2.05) is 6.92 Å². The van der Waals surface area contributed by atoms with Crippen molar-refractivity contribution in [2.45, 2.75) is 58.1 Å². The molecule has 120 valence electrons. The van der Waals surface area contributed by atoms with Gasteiger partial charge in [0.15, 0.2) is 0 Å². The van der Waals surface area contributed by atoms with Crippen LogP contribution in [0.3, 0.4) is 0 Å². The normalized spacial score (nSPS) is 30.6. The summed E-state index contributed by atoms with van der Waals surface area (Å²) in [5.41, 5.74) is 3.06. The summed E-state index contributed by atoms with van der Waals surface area (Å²) in [7, 11) is 1.61. The van der Waals surface area contributed by atoms with Gasteiger partial charge in [0, 0.05) is 25.1 Å². The van der Waals surface area contributed by atoms with Crippen LogP contribution in [0, 0.1) is 5.41 Å². The van der Waals surface area contributed by atoms with Gasteiger partial charge in [-0.15, -0.1) is 0 Å². The van der Waals surface area contributed by atoms with Gasteiger partial charge >= 0.3 is 0 Å². The van der Waals surface area contributed by atoms with E-state index in [9.17, 15) is 4.79 Å². The number of fused-ring (bicyclic) bond motifs is 4. The minimum atomic E-state index is -0.364. The minimum Gasteiger partial charge on any atom is -0.372 e. The van der Waals surface area contributed by atoms with Crippen molar-refractivity contribution in [2.75, 3.05) is 13.7 Å². The van der Waals surface area contributed by atoms with E-state index in [2.05, 4.69) is 49.9 Å². The van der Waals surface area contributed by atoms with Crippen LogP contribution in [-0.4, -0.2) is 36.6 Å². The molecule has 2 bridgehead atoms. The van der Waals surface area contributed by atoms with Gasteiger partial charge in [-0.05, 0) is 36.3 Å². The predicted molar refractivity (Wildman–Crippen MR) is 87.9 cm³/mol. The fourth-order valence-corrected chi connectivity index (χ4v) is 4.47. The molecule has 1 fully saturated rings. The summed E-state index contributed by atoms with van der Waals surface area (Å²) >= 11 is 0. The van der Waals surface area contributed by atoms with E-state index in [1.165, 1.54) is 11.1 Å². The van der Waals surface area contributed by atoms with Crippen LogP contribution in [0.25, 0.3) is 0 Å². The summed E-state index contributed by atoms with van der Waals surface area (Å²) in [6.45, 7) is 9.69. The topological polar surface area (TPSA) is 29.5 Å². The predicted octanol–water partition coefficient (Wildman–Crippen LogP) is 3.16. The lowest BCUT2D eigenvalue weighted by Gasteiger charge is -2.61. The molecule has 22 heavy (non-hydrogen) atoms. The van der Waals surface area contributed by atoms with Gasteiger partial charge in [0.05, 0.1) is 0 Å². The molecule has 1 aromatic carbocycles. The number of hydrogen-bond donors (Lipinski definition) is 0. The zero-order chi connectivity index (χ0) is 16.1. The Morgan fingerprint density at radius 1 is 1.32 bits per heavy atom. The fraction of sp³-hybridized carbons (Fsp3) is 0.632. The molecule has 0 aromatic heterocycles. The first kappa shape index (κ1) is 15.5. The van der Waals surface area contributed by atoms with E-state index in [0.717, 1.165) is 19.4 Å². The van der Waals surface area contributed by atoms with Crippen LogP contribution < -0.4 is 0 Å². The van der Waals surface area contributed by atoms with Crippen LogP contribution in [0.5, 0.6) is 0 Å². The van der Waals surface area contributed by atoms with E-state index < -0.39 is 0 Å². The Hall–Kier alpha value is -1.35. The lowest BCUT2D eigenvalue weighted by molar-refractivity contribution is -0.153. The van der Waals surface area contributed by atoms with Crippen molar-refractivity contribution in [1.29, 1.82) is 0 Å². The molecule has 3 heteroatoms. The maximum absolute atomic E-state index is 12.7. The Morgan fingerprint density at radius 3 is 2.68 bits per heavy atom. The second-order valence-corrected chi connectivity index (χ2v) is 7.59. The molecule has 0 spiro atoms. The number of carbonyl (C=O) groups is 1. The fourth-order valence-electron chi connectivity index (χ4n) is 4.47. The standard InChI is InChI=1S/C19H27NO2/c1-13(22-5)17(21)20-11-10-19(4)15-9-7-6-8-14(15)12-16(20)18(19,2)3/h6-9,13,16H,10-12H2,1-5H3/t13-,16-,19+/m1/s1. The first-order chi connectivity index (χ1) is 10.3. The number of rotatable bonds is 2. The molecule has 1 saturated heterocycles. The van der Waals surface area contributed by atoms with Crippen molar-refractivity contribution >= 4 is 5.91 Å². The van der Waals surface area contributed by atoms with Crippen LogP contribution >= 0.6 is 0 Å². The number of piperidine rings is 1. The Labute approximate surface area is 133 Å². The van der Waals surface area contributed by atoms with Crippen molar-refractivity contribution in [3.8, 4) is 0 Å². The number of amides is 1. The molecular weight excluding hydrogens is 274 g/mol. The third kappa shape index (κ3) is 1.95. The molecule has 0 unspecified atom stereocenters. The zero-order valence-corrected chi connectivity index (χ0v) is 14.3. The van der Waals surface area contributed by atoms with E-state index >= 15 is 0 Å². The summed E-state index contributed by atoms with van der Waals surface area (Å²) in [5.74, 6) is 0.127. The maximum Gasteiger partial charge on any atom is 0.251 e. The van der Waals surface area contributed by atoms with Gasteiger partial charge in [-0.1, -0.05) is 45.0 Å². The monoisotopic (exact) mass is 301 g/mol. The largest absolute Gasteiger partial charge is 0.372 e. The van der Waals surface area contributed by atoms with Gasteiger partial charge < -0.3 is 9.64 Å². The van der Waals surface area contributed by atoms with Gasteiger partial charge in [0.1, 0.15) is 6.10 Å². The average Bonchev–Trinajstić information content (AvgIpc) is 2.49. The second-order valence-electron chi connectivity index (χ2n) is 7.59. The van der Waals surface area contributed by atoms with E-state index in [1.54, 1.807) is 7.11 Å². The molecule has 3 rings (SSSR count). The number of nitrogens with zero attached hydrogens (tertiary/aromatic N) is 1. The van der Waals surface area contributed by atoms with Gasteiger partial charge in [0.25, 0.3) is 5.91 Å². The third-order valence-corrected chi connectivity index (χ3v) is 6.49. The lowest BCUT2D eigenvalue weighted by atomic mass is 9.51. The van der Waals surface area contributed by atoms with Crippen LogP contribution in [0.4, 0.5) is 0 Å². The summed E-state index contributed by atoms with van der Waals surface area (Å²) in [6.07, 6.45) is 1.59. The zero-order valence-electron chi connectivity index (χ0n) is 14.3. The average molecular weight is 301 g/mol. The van der Waals surface area contributed by atoms with Crippen molar-refractivity contribution in [3.63, 3.8) is 0 Å². The molecule has 1 aliphatic heterocycles. The van der Waals surface area contributed by atoms with Crippen LogP contribution in [0.1, 0.15) is 45.2 Å². The smallest absolute Gasteiger partial charge is 0.251 e. The van der Waals surface area contributed by atoms with Crippen LogP contribution in [0.2, 0.25) is 0 Å². The number of likely N-dealkylation sites (tertiary alicyclic amines) is 1. The highest BCUT2D eigenvalue weighted by atomic mass is 16.5. The molecule has 3 atom stereocenters. The Kier molecular flexibility index (Phi) is 3.59. The summed E-state index contributed by atoms with van der Waals surface area (Å²) < 4.78 is 5.27. The molecule has 0 saturated carbocycles. The SMILES string of the molecule is CO[C@H](C)C(=O)N1CC[C@@]2(C)c3ccccc3C[C@@H]1C2(C)C. The van der Waals surface area contributed by atoms with Gasteiger partial charge in [-0.25, -0.2) is 0 Å². The number of methoxy groups -OCH3 is 1. The number of benzene rings is 1. The third-order valence-electron chi connectivity index (χ3n) is 6.49. The molecular formula is C19H27NO2. The molecule has 1 aromatic rings. The van der Waals surface area contributed by atoms with E-state index in [0.29, 0.717) is 0 Å². The Morgan fingerprint density at radius 2 is 2.00 bits per heavy atom. The molecule has 1 amide bonds. The highest BCUT2D eigenvalue weighted by Gasteiger charge is 2.56. The van der Waals surface area contributed by atoms with E-state index in [-0.39, 0.29) is 28.9 Å². The van der Waals surface area contributed by atoms with Crippen molar-refractivity contribution in [3.05, 3.63) is 35.4 Å². The lowest BCUT2D eigenvalue weighted by Crippen LogP contribution is -2.65. The highest BCUT2D eigenvalue weighted by Crippen LogP contribution is 2.55. The number of hydrogen-bond acceptors (Lipinski definition) is 2. The van der Waals surface area contributed by atoms with Crippen LogP contribution in [-0.2, 0) is 21.4 Å². The van der Waals surface area contributed by atoms with E-state index in [4.69, 9.17) is 4.74 Å². The maximum atomic E-state index is 12.7. The van der Waals surface area contributed by atoms with Crippen LogP contribution in [0.15, 0.2) is 24.3 Å². The first-order valence-electron chi connectivity index (χ1n) is 8.24. The van der Waals surface area contributed by atoms with Gasteiger partial charge in [0.2, 0.25) is 0 Å². The first-order valence-corrected chi connectivity index (χ1v) is 8.24. The van der Waals surface area contributed by atoms with Crippen molar-refractivity contribution in [2.24, 2.45) is 5.41 Å². The molecule has 1 aliphatic carbocycles. The highest BCUT2D eigenvalue weighted by molar-refractivity contribution is 5.81. The van der Waals surface area contributed by atoms with Gasteiger partial charge in [-0.2, -0.15) is 0 Å². The molecule has 0 N–H and O–H groups in total. The number of carbonyl (C=O) groups excluding carboxylic acids is 1. The molecule has 2 aliphatic rings. The summed E-state index contributed by atoms with van der Waals surface area (Å²) in [5, 5.41) is 0. The Bertz CT molecular complexity index is 595. The molecule has 3 nitrogen and oxygen atoms in total. The second kappa shape index (κ2) is 5.09. The molecule has 1 heterocycles. The summed E-state index contributed by atoms with van der Waals surface area (Å²) in [4.78, 5) is 14.8. The van der Waals surface area contributed by atoms with Crippen molar-refractivity contribution < 1.29 is 9.53 Å². The van der Waals surface area contributed by atoms with Crippen molar-refractivity contribution in [1.82, 2.24) is 4.90 Å². The minimum absolute atomic E-state index is 0.0583. The van der Waals surface area contributed by atoms with Gasteiger partial charge in [-0.3, -0.25) is 4.79 Å². The number of ether oxygens (including phenoxy) is 1. The Balaban J connectivity index is 2.05.